The third-order valence-corrected chi connectivity index (χ3v) is 6.21. The van der Waals surface area contributed by atoms with E-state index in [0.29, 0.717) is 28.9 Å². The zero-order valence-corrected chi connectivity index (χ0v) is 20.8. The van der Waals surface area contributed by atoms with E-state index < -0.39 is 17.5 Å². The molecule has 3 rings (SSSR count). The number of benzene rings is 2. The Labute approximate surface area is 202 Å². The van der Waals surface area contributed by atoms with E-state index in [2.05, 4.69) is 30.9 Å². The summed E-state index contributed by atoms with van der Waals surface area (Å²) in [5, 5.41) is 9.79. The topological polar surface area (TPSA) is 66.8 Å². The highest BCUT2D eigenvalue weighted by Crippen LogP contribution is 2.40. The van der Waals surface area contributed by atoms with Gasteiger partial charge in [-0.15, -0.1) is 0 Å². The van der Waals surface area contributed by atoms with Crippen molar-refractivity contribution in [2.75, 3.05) is 18.0 Å². The third-order valence-electron chi connectivity index (χ3n) is 6.21. The van der Waals surface area contributed by atoms with Gasteiger partial charge in [-0.05, 0) is 75.6 Å². The van der Waals surface area contributed by atoms with Gasteiger partial charge < -0.3 is 14.7 Å². The van der Waals surface area contributed by atoms with Crippen LogP contribution in [0.3, 0.4) is 0 Å². The lowest BCUT2D eigenvalue weighted by Crippen LogP contribution is -2.29. The molecular formula is C29H35NO4. The summed E-state index contributed by atoms with van der Waals surface area (Å²) in [6, 6.07) is 11.6. The molecule has 0 fully saturated rings. The Hall–Kier alpha value is -3.34. The summed E-state index contributed by atoms with van der Waals surface area (Å²) in [4.78, 5) is 27.4. The van der Waals surface area contributed by atoms with Crippen LogP contribution in [-0.4, -0.2) is 35.5 Å². The maximum atomic E-state index is 13.2. The fourth-order valence-electron chi connectivity index (χ4n) is 4.32. The highest BCUT2D eigenvalue weighted by atomic mass is 16.5. The molecule has 1 heterocycles. The number of anilines is 1. The smallest absolute Gasteiger partial charge is 0.310 e. The number of hydrogen-bond acceptors (Lipinski definition) is 4. The van der Waals surface area contributed by atoms with Crippen LogP contribution in [0.5, 0.6) is 5.75 Å². The molecule has 0 aromatic heterocycles. The van der Waals surface area contributed by atoms with Crippen molar-refractivity contribution in [3.63, 3.8) is 0 Å². The quantitative estimate of drug-likeness (QED) is 0.320. The molecule has 0 aliphatic carbocycles. The molecule has 0 radical (unpaired) electrons. The van der Waals surface area contributed by atoms with Crippen LogP contribution in [0.4, 0.5) is 5.69 Å². The van der Waals surface area contributed by atoms with E-state index in [1.165, 1.54) is 0 Å². The van der Waals surface area contributed by atoms with Gasteiger partial charge in [-0.1, -0.05) is 43.7 Å². The highest BCUT2D eigenvalue weighted by molar-refractivity contribution is 6.09. The molecule has 2 aromatic carbocycles. The second kappa shape index (κ2) is 10.7. The Morgan fingerprint density at radius 2 is 1.74 bits per heavy atom. The Kier molecular flexibility index (Phi) is 7.98. The van der Waals surface area contributed by atoms with Gasteiger partial charge in [0.15, 0.2) is 5.78 Å². The third kappa shape index (κ3) is 5.58. The van der Waals surface area contributed by atoms with Crippen LogP contribution in [0, 0.1) is 0 Å². The SMILES string of the molecule is CCCC(C(=O)O)c1ccc(C(=O)C=Cc2ccc(N(CC)CC)cc2)c2c1C=CC(C)(C)O2. The molecule has 5 nitrogen and oxygen atoms in total. The minimum atomic E-state index is -0.866. The monoisotopic (exact) mass is 461 g/mol. The van der Waals surface area contributed by atoms with Crippen LogP contribution in [0.15, 0.2) is 48.6 Å². The summed E-state index contributed by atoms with van der Waals surface area (Å²) in [6.07, 6.45) is 8.43. The number of hydrogen-bond donors (Lipinski definition) is 1. The van der Waals surface area contributed by atoms with Gasteiger partial charge in [0.25, 0.3) is 0 Å². The van der Waals surface area contributed by atoms with Crippen molar-refractivity contribution in [1.29, 1.82) is 0 Å². The number of rotatable bonds is 10. The Morgan fingerprint density at radius 3 is 2.32 bits per heavy atom. The highest BCUT2D eigenvalue weighted by Gasteiger charge is 2.31. The number of fused-ring (bicyclic) bond motifs is 1. The first kappa shape index (κ1) is 25.3. The molecule has 1 N–H and O–H groups in total. The second-order valence-electron chi connectivity index (χ2n) is 9.12. The molecule has 0 amide bonds. The lowest BCUT2D eigenvalue weighted by molar-refractivity contribution is -0.139. The molecular weight excluding hydrogens is 426 g/mol. The lowest BCUT2D eigenvalue weighted by atomic mass is 9.86. The fraction of sp³-hybridized carbons (Fsp3) is 0.379. The molecule has 2 aromatic rings. The number of carboxylic acid groups (broad SMARTS) is 1. The predicted molar refractivity (Wildman–Crippen MR) is 139 cm³/mol. The molecule has 180 valence electrons. The second-order valence-corrected chi connectivity index (χ2v) is 9.12. The van der Waals surface area contributed by atoms with Gasteiger partial charge in [-0.2, -0.15) is 0 Å². The summed E-state index contributed by atoms with van der Waals surface area (Å²) < 4.78 is 6.20. The zero-order valence-electron chi connectivity index (χ0n) is 20.8. The number of carbonyl (C=O) groups excluding carboxylic acids is 1. The number of carboxylic acids is 1. The minimum absolute atomic E-state index is 0.177. The zero-order chi connectivity index (χ0) is 24.9. The van der Waals surface area contributed by atoms with Gasteiger partial charge in [-0.3, -0.25) is 9.59 Å². The van der Waals surface area contributed by atoms with Crippen molar-refractivity contribution >= 4 is 29.6 Å². The molecule has 1 aliphatic rings. The Balaban J connectivity index is 1.94. The maximum Gasteiger partial charge on any atom is 0.310 e. The van der Waals surface area contributed by atoms with Gasteiger partial charge in [0.1, 0.15) is 11.4 Å². The average Bonchev–Trinajstić information content (AvgIpc) is 2.81. The van der Waals surface area contributed by atoms with Crippen LogP contribution >= 0.6 is 0 Å². The molecule has 1 aliphatic heterocycles. The lowest BCUT2D eigenvalue weighted by Gasteiger charge is -2.31. The number of allylic oxidation sites excluding steroid dienone is 1. The van der Waals surface area contributed by atoms with Gasteiger partial charge in [0.05, 0.1) is 11.5 Å². The van der Waals surface area contributed by atoms with Crippen LogP contribution in [0.2, 0.25) is 0 Å². The van der Waals surface area contributed by atoms with Crippen molar-refractivity contribution < 1.29 is 19.4 Å². The number of ketones is 1. The van der Waals surface area contributed by atoms with E-state index in [4.69, 9.17) is 4.74 Å². The van der Waals surface area contributed by atoms with Crippen molar-refractivity contribution in [3.05, 3.63) is 70.8 Å². The van der Waals surface area contributed by atoms with Crippen LogP contribution < -0.4 is 9.64 Å². The van der Waals surface area contributed by atoms with Crippen molar-refractivity contribution in [2.45, 2.75) is 59.0 Å². The molecule has 0 bridgehead atoms. The Morgan fingerprint density at radius 1 is 1.06 bits per heavy atom. The summed E-state index contributed by atoms with van der Waals surface area (Å²) in [6.45, 7) is 11.9. The molecule has 0 saturated carbocycles. The summed E-state index contributed by atoms with van der Waals surface area (Å²) >= 11 is 0. The minimum Gasteiger partial charge on any atom is -0.482 e. The number of nitrogens with zero attached hydrogens (tertiary/aromatic N) is 1. The van der Waals surface area contributed by atoms with Crippen LogP contribution in [-0.2, 0) is 4.79 Å². The van der Waals surface area contributed by atoms with E-state index in [1.54, 1.807) is 24.3 Å². The standard InChI is InChI=1S/C29H35NO4/c1-6-9-24(28(32)33)22-15-16-25(27-23(22)18-19-29(4,5)34-27)26(31)17-12-20-10-13-21(14-11-20)30(7-2)8-3/h10-19,24H,6-9H2,1-5H3,(H,32,33). The molecule has 34 heavy (non-hydrogen) atoms. The average molecular weight is 462 g/mol. The van der Waals surface area contributed by atoms with Crippen LogP contribution in [0.25, 0.3) is 12.2 Å². The van der Waals surface area contributed by atoms with E-state index in [9.17, 15) is 14.7 Å². The van der Waals surface area contributed by atoms with Gasteiger partial charge in [0, 0.05) is 24.3 Å². The van der Waals surface area contributed by atoms with Crippen LogP contribution in [0.1, 0.15) is 80.4 Å². The van der Waals surface area contributed by atoms with Crippen molar-refractivity contribution in [1.82, 2.24) is 0 Å². The first-order valence-corrected chi connectivity index (χ1v) is 12.1. The molecule has 5 heteroatoms. The summed E-state index contributed by atoms with van der Waals surface area (Å²) in [7, 11) is 0. The molecule has 0 spiro atoms. The Bertz CT molecular complexity index is 1090. The number of ether oxygens (including phenoxy) is 1. The first-order chi connectivity index (χ1) is 16.2. The van der Waals surface area contributed by atoms with Gasteiger partial charge >= 0.3 is 5.97 Å². The van der Waals surface area contributed by atoms with Crippen molar-refractivity contribution in [3.8, 4) is 5.75 Å². The van der Waals surface area contributed by atoms with Gasteiger partial charge in [-0.25, -0.2) is 0 Å². The normalized spacial score (nSPS) is 15.0. The van der Waals surface area contributed by atoms with Crippen molar-refractivity contribution in [2.24, 2.45) is 0 Å². The van der Waals surface area contributed by atoms with E-state index >= 15 is 0 Å². The van der Waals surface area contributed by atoms with Gasteiger partial charge in [0.2, 0.25) is 0 Å². The van der Waals surface area contributed by atoms with E-state index in [0.717, 1.165) is 30.8 Å². The summed E-state index contributed by atoms with van der Waals surface area (Å²) in [5.74, 6) is -1.23. The molecule has 1 atom stereocenters. The fourth-order valence-corrected chi connectivity index (χ4v) is 4.32. The van der Waals surface area contributed by atoms with E-state index in [1.807, 2.05) is 45.1 Å². The maximum absolute atomic E-state index is 13.2. The number of carbonyl (C=O) groups is 2. The largest absolute Gasteiger partial charge is 0.482 e. The summed E-state index contributed by atoms with van der Waals surface area (Å²) in [5.41, 5.74) is 3.30. The molecule has 0 saturated heterocycles. The predicted octanol–water partition coefficient (Wildman–Crippen LogP) is 6.58. The first-order valence-electron chi connectivity index (χ1n) is 12.1. The number of aliphatic carboxylic acids is 1. The van der Waals surface area contributed by atoms with E-state index in [-0.39, 0.29) is 5.78 Å². The molecule has 1 unspecified atom stereocenters.